The number of aryl methyl sites for hydroxylation is 1. The van der Waals surface area contributed by atoms with Crippen molar-refractivity contribution >= 4 is 11.6 Å². The molecule has 2 nitrogen and oxygen atoms in total. The number of benzene rings is 2. The van der Waals surface area contributed by atoms with Gasteiger partial charge >= 0.3 is 0 Å². The minimum atomic E-state index is 0.636. The van der Waals surface area contributed by atoms with E-state index in [0.717, 1.165) is 18.7 Å². The summed E-state index contributed by atoms with van der Waals surface area (Å²) >= 11 is 5.92. The topological polar surface area (TPSA) is 14.2 Å². The fourth-order valence-corrected chi connectivity index (χ4v) is 2.95. The van der Waals surface area contributed by atoms with Gasteiger partial charge in [-0.25, -0.2) is 0 Å². The summed E-state index contributed by atoms with van der Waals surface area (Å²) in [6, 6.07) is 20.9. The fourth-order valence-electron chi connectivity index (χ4n) is 2.73. The quantitative estimate of drug-likeness (QED) is 0.582. The van der Waals surface area contributed by atoms with Crippen LogP contribution in [0.1, 0.15) is 11.1 Å². The van der Waals surface area contributed by atoms with Crippen molar-refractivity contribution in [3.8, 4) is 17.0 Å². The van der Waals surface area contributed by atoms with E-state index in [1.54, 1.807) is 7.11 Å². The van der Waals surface area contributed by atoms with Crippen LogP contribution in [0.4, 0.5) is 0 Å². The predicted molar refractivity (Wildman–Crippen MR) is 96.4 cm³/mol. The van der Waals surface area contributed by atoms with Crippen LogP contribution in [0.2, 0.25) is 0 Å². The van der Waals surface area contributed by atoms with E-state index in [4.69, 9.17) is 16.3 Å². The van der Waals surface area contributed by atoms with Crippen molar-refractivity contribution in [3.05, 3.63) is 78.0 Å². The standard InChI is InChI=1S/C20H20ClNO/c1-23-19-9-7-18(8-10-19)20-13-17(11-12-21)15-22(20)14-16-5-3-2-4-6-16/h2-10,13,15H,11-12,14H2,1H3. The molecule has 0 N–H and O–H groups in total. The van der Waals surface area contributed by atoms with Crippen LogP contribution in [0.3, 0.4) is 0 Å². The van der Waals surface area contributed by atoms with E-state index in [-0.39, 0.29) is 0 Å². The Morgan fingerprint density at radius 3 is 2.35 bits per heavy atom. The fraction of sp³-hybridized carbons (Fsp3) is 0.200. The van der Waals surface area contributed by atoms with Gasteiger partial charge in [0.15, 0.2) is 0 Å². The van der Waals surface area contributed by atoms with E-state index >= 15 is 0 Å². The van der Waals surface area contributed by atoms with E-state index in [0.29, 0.717) is 5.88 Å². The molecule has 3 aromatic rings. The number of hydrogen-bond donors (Lipinski definition) is 0. The van der Waals surface area contributed by atoms with Gasteiger partial charge in [-0.2, -0.15) is 0 Å². The van der Waals surface area contributed by atoms with E-state index in [2.05, 4.69) is 53.2 Å². The van der Waals surface area contributed by atoms with Gasteiger partial charge in [-0.3, -0.25) is 0 Å². The zero-order valence-electron chi connectivity index (χ0n) is 13.2. The summed E-state index contributed by atoms with van der Waals surface area (Å²) in [5.41, 5.74) is 4.94. The summed E-state index contributed by atoms with van der Waals surface area (Å²) in [6.07, 6.45) is 3.08. The zero-order chi connectivity index (χ0) is 16.1. The van der Waals surface area contributed by atoms with Gasteiger partial charge in [0.2, 0.25) is 0 Å². The largest absolute Gasteiger partial charge is 0.497 e. The average molecular weight is 326 g/mol. The Morgan fingerprint density at radius 1 is 0.957 bits per heavy atom. The van der Waals surface area contributed by atoms with Crippen molar-refractivity contribution in [1.82, 2.24) is 4.57 Å². The van der Waals surface area contributed by atoms with Crippen molar-refractivity contribution in [2.45, 2.75) is 13.0 Å². The molecule has 3 rings (SSSR count). The van der Waals surface area contributed by atoms with Gasteiger partial charge in [-0.05, 0) is 53.4 Å². The van der Waals surface area contributed by atoms with Gasteiger partial charge in [0.1, 0.15) is 5.75 Å². The molecule has 0 unspecified atom stereocenters. The summed E-state index contributed by atoms with van der Waals surface area (Å²) < 4.78 is 7.54. The molecule has 0 bridgehead atoms. The van der Waals surface area contributed by atoms with Gasteiger partial charge in [0.25, 0.3) is 0 Å². The second kappa shape index (κ2) is 7.38. The molecule has 118 valence electrons. The lowest BCUT2D eigenvalue weighted by atomic mass is 10.1. The SMILES string of the molecule is COc1ccc(-c2cc(CCCl)cn2Cc2ccccc2)cc1. The molecule has 0 aliphatic rings. The number of ether oxygens (including phenoxy) is 1. The van der Waals surface area contributed by atoms with Crippen LogP contribution in [0.5, 0.6) is 5.75 Å². The molecule has 0 amide bonds. The highest BCUT2D eigenvalue weighted by Crippen LogP contribution is 2.26. The lowest BCUT2D eigenvalue weighted by Crippen LogP contribution is -2.00. The minimum absolute atomic E-state index is 0.636. The number of rotatable bonds is 6. The van der Waals surface area contributed by atoms with E-state index in [9.17, 15) is 0 Å². The molecule has 0 fully saturated rings. The lowest BCUT2D eigenvalue weighted by molar-refractivity contribution is 0.415. The molecule has 1 heterocycles. The van der Waals surface area contributed by atoms with Gasteiger partial charge < -0.3 is 9.30 Å². The maximum atomic E-state index is 5.92. The first-order chi connectivity index (χ1) is 11.3. The molecule has 0 spiro atoms. The number of methoxy groups -OCH3 is 1. The van der Waals surface area contributed by atoms with E-state index in [1.165, 1.54) is 22.4 Å². The van der Waals surface area contributed by atoms with Crippen LogP contribution < -0.4 is 4.74 Å². The maximum absolute atomic E-state index is 5.92. The number of hydrogen-bond acceptors (Lipinski definition) is 1. The summed E-state index contributed by atoms with van der Waals surface area (Å²) in [4.78, 5) is 0. The average Bonchev–Trinajstić information content (AvgIpc) is 2.99. The summed E-state index contributed by atoms with van der Waals surface area (Å²) in [6.45, 7) is 0.852. The summed E-state index contributed by atoms with van der Waals surface area (Å²) in [7, 11) is 1.69. The van der Waals surface area contributed by atoms with Crippen molar-refractivity contribution < 1.29 is 4.74 Å². The Labute approximate surface area is 142 Å². The number of aromatic nitrogens is 1. The van der Waals surface area contributed by atoms with Gasteiger partial charge in [0, 0.05) is 24.3 Å². The van der Waals surface area contributed by atoms with Gasteiger partial charge in [-0.1, -0.05) is 30.3 Å². The van der Waals surface area contributed by atoms with E-state index in [1.807, 2.05) is 18.2 Å². The monoisotopic (exact) mass is 325 g/mol. The van der Waals surface area contributed by atoms with Crippen LogP contribution in [0.15, 0.2) is 66.9 Å². The van der Waals surface area contributed by atoms with Crippen molar-refractivity contribution in [1.29, 1.82) is 0 Å². The number of nitrogens with zero attached hydrogens (tertiary/aromatic N) is 1. The first-order valence-electron chi connectivity index (χ1n) is 7.73. The molecular weight excluding hydrogens is 306 g/mol. The second-order valence-corrected chi connectivity index (χ2v) is 5.89. The smallest absolute Gasteiger partial charge is 0.118 e. The first kappa shape index (κ1) is 15.7. The Hall–Kier alpha value is -2.19. The van der Waals surface area contributed by atoms with Crippen LogP contribution in [-0.4, -0.2) is 17.6 Å². The Kier molecular flexibility index (Phi) is 5.04. The Balaban J connectivity index is 1.96. The molecule has 0 aliphatic heterocycles. The normalized spacial score (nSPS) is 10.7. The van der Waals surface area contributed by atoms with Gasteiger partial charge in [-0.15, -0.1) is 11.6 Å². The highest BCUT2D eigenvalue weighted by molar-refractivity contribution is 6.18. The van der Waals surface area contributed by atoms with Crippen LogP contribution in [0.25, 0.3) is 11.3 Å². The summed E-state index contributed by atoms with van der Waals surface area (Å²) in [5.74, 6) is 1.51. The van der Waals surface area contributed by atoms with Crippen molar-refractivity contribution in [2.75, 3.05) is 13.0 Å². The molecule has 0 saturated heterocycles. The number of halogens is 1. The minimum Gasteiger partial charge on any atom is -0.497 e. The third kappa shape index (κ3) is 3.77. The van der Waals surface area contributed by atoms with Crippen molar-refractivity contribution in [3.63, 3.8) is 0 Å². The highest BCUT2D eigenvalue weighted by atomic mass is 35.5. The molecule has 2 aromatic carbocycles. The van der Waals surface area contributed by atoms with Crippen LogP contribution in [-0.2, 0) is 13.0 Å². The first-order valence-corrected chi connectivity index (χ1v) is 8.27. The molecule has 23 heavy (non-hydrogen) atoms. The van der Waals surface area contributed by atoms with Crippen molar-refractivity contribution in [2.24, 2.45) is 0 Å². The molecule has 0 atom stereocenters. The number of alkyl halides is 1. The highest BCUT2D eigenvalue weighted by Gasteiger charge is 2.09. The molecule has 0 aliphatic carbocycles. The molecule has 3 heteroatoms. The Bertz CT molecular complexity index is 747. The molecule has 0 radical (unpaired) electrons. The summed E-state index contributed by atoms with van der Waals surface area (Å²) in [5, 5.41) is 0. The van der Waals surface area contributed by atoms with Crippen LogP contribution >= 0.6 is 11.6 Å². The Morgan fingerprint density at radius 2 is 1.70 bits per heavy atom. The third-order valence-electron chi connectivity index (χ3n) is 3.92. The molecule has 1 aromatic heterocycles. The predicted octanol–water partition coefficient (Wildman–Crippen LogP) is 4.99. The lowest BCUT2D eigenvalue weighted by Gasteiger charge is -2.10. The van der Waals surface area contributed by atoms with Crippen LogP contribution in [0, 0.1) is 0 Å². The molecular formula is C20H20ClNO. The van der Waals surface area contributed by atoms with Gasteiger partial charge in [0.05, 0.1) is 7.11 Å². The molecule has 0 saturated carbocycles. The third-order valence-corrected chi connectivity index (χ3v) is 4.11. The maximum Gasteiger partial charge on any atom is 0.118 e. The zero-order valence-corrected chi connectivity index (χ0v) is 14.0. The van der Waals surface area contributed by atoms with E-state index < -0.39 is 0 Å². The second-order valence-electron chi connectivity index (χ2n) is 5.51.